The molecular formula is C22H22F3N3O3. The fourth-order valence-corrected chi connectivity index (χ4v) is 3.45. The molecule has 0 spiro atoms. The summed E-state index contributed by atoms with van der Waals surface area (Å²) in [6.07, 6.45) is -3.55. The molecule has 1 aliphatic rings. The van der Waals surface area contributed by atoms with Gasteiger partial charge in [-0.05, 0) is 43.2 Å². The predicted octanol–water partition coefficient (Wildman–Crippen LogP) is 2.86. The highest BCUT2D eigenvalue weighted by atomic mass is 19.4. The number of nitrogens with zero attached hydrogens (tertiary/aromatic N) is 1. The smallest absolute Gasteiger partial charge is 0.353 e. The Kier molecular flexibility index (Phi) is 6.94. The summed E-state index contributed by atoms with van der Waals surface area (Å²) in [6, 6.07) is 12.1. The van der Waals surface area contributed by atoms with E-state index in [0.717, 1.165) is 12.1 Å². The lowest BCUT2D eigenvalue weighted by molar-refractivity contribution is -0.137. The zero-order valence-corrected chi connectivity index (χ0v) is 16.6. The maximum atomic E-state index is 12.9. The average molecular weight is 433 g/mol. The molecule has 6 nitrogen and oxygen atoms in total. The Morgan fingerprint density at radius 3 is 2.32 bits per heavy atom. The largest absolute Gasteiger partial charge is 0.416 e. The van der Waals surface area contributed by atoms with E-state index >= 15 is 0 Å². The molecule has 0 aliphatic carbocycles. The highest BCUT2D eigenvalue weighted by molar-refractivity contribution is 5.98. The molecule has 0 unspecified atom stereocenters. The van der Waals surface area contributed by atoms with E-state index in [2.05, 4.69) is 10.6 Å². The third-order valence-corrected chi connectivity index (χ3v) is 5.00. The van der Waals surface area contributed by atoms with Gasteiger partial charge in [-0.3, -0.25) is 14.4 Å². The van der Waals surface area contributed by atoms with Crippen molar-refractivity contribution in [3.8, 4) is 0 Å². The van der Waals surface area contributed by atoms with Gasteiger partial charge in [0.15, 0.2) is 0 Å². The van der Waals surface area contributed by atoms with Gasteiger partial charge in [0, 0.05) is 30.8 Å². The number of hydrogen-bond donors (Lipinski definition) is 2. The third-order valence-electron chi connectivity index (χ3n) is 5.00. The first kappa shape index (κ1) is 22.3. The maximum Gasteiger partial charge on any atom is 0.416 e. The number of alkyl halides is 3. The molecule has 2 aromatic carbocycles. The van der Waals surface area contributed by atoms with Gasteiger partial charge < -0.3 is 15.5 Å². The fourth-order valence-electron chi connectivity index (χ4n) is 3.45. The standard InChI is InChI=1S/C22H22F3N3O3/c23-22(24,25)17-9-4-8-16(14-17)21(31)28-13-5-10-18(28)20(30)27-12-11-26-19(29)15-6-2-1-3-7-15/h1-4,6-9,14,18H,5,10-13H2,(H,26,29)(H,27,30)/t18-/m0/s1. The summed E-state index contributed by atoms with van der Waals surface area (Å²) in [7, 11) is 0. The van der Waals surface area contributed by atoms with E-state index in [1.807, 2.05) is 0 Å². The Morgan fingerprint density at radius 2 is 1.61 bits per heavy atom. The van der Waals surface area contributed by atoms with Gasteiger partial charge in [0.25, 0.3) is 11.8 Å². The molecule has 1 saturated heterocycles. The van der Waals surface area contributed by atoms with Crippen LogP contribution in [0.3, 0.4) is 0 Å². The Bertz CT molecular complexity index is 948. The number of rotatable bonds is 6. The monoisotopic (exact) mass is 433 g/mol. The number of halogens is 3. The molecule has 0 saturated carbocycles. The lowest BCUT2D eigenvalue weighted by Gasteiger charge is -2.24. The van der Waals surface area contributed by atoms with Crippen LogP contribution in [0.15, 0.2) is 54.6 Å². The van der Waals surface area contributed by atoms with Gasteiger partial charge in [-0.1, -0.05) is 24.3 Å². The van der Waals surface area contributed by atoms with Gasteiger partial charge in [0.2, 0.25) is 5.91 Å². The van der Waals surface area contributed by atoms with Crippen LogP contribution in [0.4, 0.5) is 13.2 Å². The van der Waals surface area contributed by atoms with Crippen molar-refractivity contribution in [2.75, 3.05) is 19.6 Å². The summed E-state index contributed by atoms with van der Waals surface area (Å²) < 4.78 is 38.8. The summed E-state index contributed by atoms with van der Waals surface area (Å²) in [5, 5.41) is 5.36. The van der Waals surface area contributed by atoms with Gasteiger partial charge >= 0.3 is 6.18 Å². The number of amides is 3. The third kappa shape index (κ3) is 5.62. The summed E-state index contributed by atoms with van der Waals surface area (Å²) >= 11 is 0. The second-order valence-corrected chi connectivity index (χ2v) is 7.15. The van der Waals surface area contributed by atoms with Gasteiger partial charge in [-0.15, -0.1) is 0 Å². The topological polar surface area (TPSA) is 78.5 Å². The minimum Gasteiger partial charge on any atom is -0.353 e. The van der Waals surface area contributed by atoms with Gasteiger partial charge in [0.05, 0.1) is 5.56 Å². The molecule has 9 heteroatoms. The van der Waals surface area contributed by atoms with Crippen LogP contribution >= 0.6 is 0 Å². The van der Waals surface area contributed by atoms with Gasteiger partial charge in [0.1, 0.15) is 6.04 Å². The van der Waals surface area contributed by atoms with Crippen LogP contribution in [-0.4, -0.2) is 48.3 Å². The van der Waals surface area contributed by atoms with Crippen LogP contribution in [0, 0.1) is 0 Å². The summed E-state index contributed by atoms with van der Waals surface area (Å²) in [4.78, 5) is 38.6. The van der Waals surface area contributed by atoms with Crippen molar-refractivity contribution in [1.82, 2.24) is 15.5 Å². The Balaban J connectivity index is 1.54. The number of benzene rings is 2. The summed E-state index contributed by atoms with van der Waals surface area (Å²) in [5.74, 6) is -1.27. The summed E-state index contributed by atoms with van der Waals surface area (Å²) in [6.45, 7) is 0.658. The van der Waals surface area contributed by atoms with E-state index in [-0.39, 0.29) is 31.1 Å². The molecule has 2 aromatic rings. The number of likely N-dealkylation sites (tertiary alicyclic amines) is 1. The van der Waals surface area contributed by atoms with E-state index in [0.29, 0.717) is 18.4 Å². The lowest BCUT2D eigenvalue weighted by Crippen LogP contribution is -2.47. The van der Waals surface area contributed by atoms with Crippen molar-refractivity contribution in [3.05, 3.63) is 71.3 Å². The molecule has 1 fully saturated rings. The number of hydrogen-bond acceptors (Lipinski definition) is 3. The second kappa shape index (κ2) is 9.63. The molecule has 0 aromatic heterocycles. The number of carbonyl (C=O) groups excluding carboxylic acids is 3. The lowest BCUT2D eigenvalue weighted by atomic mass is 10.1. The molecule has 164 valence electrons. The molecule has 1 heterocycles. The van der Waals surface area contributed by atoms with Crippen LogP contribution < -0.4 is 10.6 Å². The van der Waals surface area contributed by atoms with Crippen molar-refractivity contribution in [2.45, 2.75) is 25.1 Å². The highest BCUT2D eigenvalue weighted by Gasteiger charge is 2.36. The van der Waals surface area contributed by atoms with E-state index in [9.17, 15) is 27.6 Å². The van der Waals surface area contributed by atoms with E-state index in [1.54, 1.807) is 30.3 Å². The SMILES string of the molecule is O=C(NCCNC(=O)[C@@H]1CCCN1C(=O)c1cccc(C(F)(F)F)c1)c1ccccc1. The first-order valence-electron chi connectivity index (χ1n) is 9.86. The van der Waals surface area contributed by atoms with E-state index in [1.165, 1.54) is 17.0 Å². The second-order valence-electron chi connectivity index (χ2n) is 7.15. The van der Waals surface area contributed by atoms with E-state index in [4.69, 9.17) is 0 Å². The molecule has 0 radical (unpaired) electrons. The molecule has 3 rings (SSSR count). The molecule has 2 N–H and O–H groups in total. The quantitative estimate of drug-likeness (QED) is 0.688. The first-order valence-corrected chi connectivity index (χ1v) is 9.86. The molecule has 0 bridgehead atoms. The van der Waals surface area contributed by atoms with Crippen molar-refractivity contribution in [3.63, 3.8) is 0 Å². The predicted molar refractivity (Wildman–Crippen MR) is 107 cm³/mol. The maximum absolute atomic E-state index is 12.9. The molecule has 1 aliphatic heterocycles. The minimum atomic E-state index is -4.55. The Hall–Kier alpha value is -3.36. The molecular weight excluding hydrogens is 411 g/mol. The van der Waals surface area contributed by atoms with Crippen LogP contribution in [0.25, 0.3) is 0 Å². The van der Waals surface area contributed by atoms with Crippen LogP contribution in [0.5, 0.6) is 0 Å². The number of nitrogens with one attached hydrogen (secondary N) is 2. The van der Waals surface area contributed by atoms with Crippen molar-refractivity contribution in [2.24, 2.45) is 0 Å². The van der Waals surface area contributed by atoms with Crippen LogP contribution in [-0.2, 0) is 11.0 Å². The van der Waals surface area contributed by atoms with Gasteiger partial charge in [-0.2, -0.15) is 13.2 Å². The number of carbonyl (C=O) groups is 3. The highest BCUT2D eigenvalue weighted by Crippen LogP contribution is 2.30. The van der Waals surface area contributed by atoms with Crippen LogP contribution in [0.2, 0.25) is 0 Å². The zero-order valence-electron chi connectivity index (χ0n) is 16.6. The fraction of sp³-hybridized carbons (Fsp3) is 0.318. The van der Waals surface area contributed by atoms with Crippen molar-refractivity contribution < 1.29 is 27.6 Å². The first-order chi connectivity index (χ1) is 14.8. The van der Waals surface area contributed by atoms with E-state index < -0.39 is 29.6 Å². The molecule has 31 heavy (non-hydrogen) atoms. The van der Waals surface area contributed by atoms with Crippen molar-refractivity contribution >= 4 is 17.7 Å². The normalized spacial score (nSPS) is 16.1. The Labute approximate surface area is 177 Å². The summed E-state index contributed by atoms with van der Waals surface area (Å²) in [5.41, 5.74) is -0.514. The Morgan fingerprint density at radius 1 is 0.935 bits per heavy atom. The average Bonchev–Trinajstić information content (AvgIpc) is 3.26. The van der Waals surface area contributed by atoms with Gasteiger partial charge in [-0.25, -0.2) is 0 Å². The molecule has 1 atom stereocenters. The molecule has 3 amide bonds. The van der Waals surface area contributed by atoms with Crippen molar-refractivity contribution in [1.29, 1.82) is 0 Å². The minimum absolute atomic E-state index is 0.107. The zero-order chi connectivity index (χ0) is 22.4. The van der Waals surface area contributed by atoms with Crippen LogP contribution in [0.1, 0.15) is 39.1 Å².